The smallest absolute Gasteiger partial charge is 0.407 e. The molecule has 1 fully saturated rings. The average Bonchev–Trinajstić information content (AvgIpc) is 2.46. The highest BCUT2D eigenvalue weighted by Gasteiger charge is 2.31. The Morgan fingerprint density at radius 3 is 2.26 bits per heavy atom. The van der Waals surface area contributed by atoms with Gasteiger partial charge in [0.2, 0.25) is 0 Å². The first kappa shape index (κ1) is 20.2. The van der Waals surface area contributed by atoms with Crippen LogP contribution in [0.25, 0.3) is 0 Å². The molecule has 1 aliphatic rings. The van der Waals surface area contributed by atoms with Gasteiger partial charge in [-0.2, -0.15) is 0 Å². The third-order valence-corrected chi connectivity index (χ3v) is 4.70. The first-order valence-corrected chi connectivity index (χ1v) is 9.00. The van der Waals surface area contributed by atoms with Crippen LogP contribution in [0.4, 0.5) is 4.79 Å². The Labute approximate surface area is 141 Å². The van der Waals surface area contributed by atoms with E-state index in [-0.39, 0.29) is 18.2 Å². The minimum Gasteiger partial charge on any atom is -0.444 e. The van der Waals surface area contributed by atoms with Crippen LogP contribution in [0.3, 0.4) is 0 Å². The molecule has 23 heavy (non-hydrogen) atoms. The lowest BCUT2D eigenvalue weighted by Gasteiger charge is -2.38. The molecule has 1 aliphatic carbocycles. The van der Waals surface area contributed by atoms with E-state index < -0.39 is 5.60 Å². The molecule has 136 valence electrons. The Bertz CT molecular complexity index is 358. The maximum absolute atomic E-state index is 11.8. The molecule has 0 saturated heterocycles. The number of nitrogens with one attached hydrogen (secondary N) is 2. The van der Waals surface area contributed by atoms with Gasteiger partial charge in [-0.3, -0.25) is 0 Å². The molecular weight excluding hydrogens is 292 g/mol. The number of rotatable bonds is 7. The van der Waals surface area contributed by atoms with Crippen molar-refractivity contribution in [3.8, 4) is 0 Å². The molecule has 1 saturated carbocycles. The third-order valence-electron chi connectivity index (χ3n) is 4.70. The van der Waals surface area contributed by atoms with Crippen LogP contribution in [0.5, 0.6) is 0 Å². The molecule has 0 aliphatic heterocycles. The van der Waals surface area contributed by atoms with Crippen LogP contribution < -0.4 is 10.6 Å². The van der Waals surface area contributed by atoms with E-state index in [2.05, 4.69) is 24.5 Å². The minimum absolute atomic E-state index is 0.128. The van der Waals surface area contributed by atoms with Gasteiger partial charge in [-0.15, -0.1) is 0 Å². The predicted octanol–water partition coefficient (Wildman–Crippen LogP) is 3.07. The Kier molecular flexibility index (Phi) is 7.81. The van der Waals surface area contributed by atoms with E-state index in [1.54, 1.807) is 0 Å². The first-order valence-electron chi connectivity index (χ1n) is 9.00. The van der Waals surface area contributed by atoms with Gasteiger partial charge in [-0.25, -0.2) is 4.79 Å². The third kappa shape index (κ3) is 7.53. The normalized spacial score (nSPS) is 19.4. The van der Waals surface area contributed by atoms with Crippen LogP contribution in [0.2, 0.25) is 0 Å². The largest absolute Gasteiger partial charge is 0.444 e. The fourth-order valence-electron chi connectivity index (χ4n) is 3.04. The zero-order valence-corrected chi connectivity index (χ0v) is 15.6. The van der Waals surface area contributed by atoms with Crippen molar-refractivity contribution in [3.05, 3.63) is 0 Å². The van der Waals surface area contributed by atoms with E-state index in [1.165, 1.54) is 19.3 Å². The molecule has 0 spiro atoms. The van der Waals surface area contributed by atoms with Crippen LogP contribution in [0.15, 0.2) is 0 Å². The van der Waals surface area contributed by atoms with Gasteiger partial charge in [-0.05, 0) is 45.4 Å². The van der Waals surface area contributed by atoms with Gasteiger partial charge in [0, 0.05) is 18.6 Å². The number of alkyl carbamates (subject to hydrolysis) is 1. The van der Waals surface area contributed by atoms with Crippen LogP contribution in [-0.4, -0.2) is 42.0 Å². The van der Waals surface area contributed by atoms with Gasteiger partial charge in [-0.1, -0.05) is 33.1 Å². The maximum atomic E-state index is 11.8. The molecule has 3 N–H and O–H groups in total. The van der Waals surface area contributed by atoms with Crippen molar-refractivity contribution in [3.63, 3.8) is 0 Å². The molecule has 1 unspecified atom stereocenters. The van der Waals surface area contributed by atoms with Crippen molar-refractivity contribution in [2.24, 2.45) is 11.8 Å². The molecule has 5 heteroatoms. The van der Waals surface area contributed by atoms with Gasteiger partial charge < -0.3 is 20.5 Å². The second kappa shape index (κ2) is 8.88. The van der Waals surface area contributed by atoms with Gasteiger partial charge >= 0.3 is 6.09 Å². The lowest BCUT2D eigenvalue weighted by Crippen LogP contribution is -2.53. The number of aliphatic hydroxyl groups is 1. The van der Waals surface area contributed by atoms with E-state index in [0.717, 1.165) is 19.4 Å². The molecule has 0 aromatic heterocycles. The molecule has 0 heterocycles. The molecule has 0 aromatic rings. The Hall–Kier alpha value is -0.810. The van der Waals surface area contributed by atoms with Crippen LogP contribution in [-0.2, 0) is 4.74 Å². The highest BCUT2D eigenvalue weighted by Crippen LogP contribution is 2.28. The van der Waals surface area contributed by atoms with Crippen molar-refractivity contribution in [1.82, 2.24) is 10.6 Å². The zero-order valence-electron chi connectivity index (χ0n) is 15.6. The first-order chi connectivity index (χ1) is 10.7. The van der Waals surface area contributed by atoms with E-state index in [1.807, 2.05) is 20.8 Å². The van der Waals surface area contributed by atoms with Gasteiger partial charge in [0.15, 0.2) is 0 Å². The molecule has 1 rings (SSSR count). The second-order valence-corrected chi connectivity index (χ2v) is 8.27. The van der Waals surface area contributed by atoms with Crippen LogP contribution in [0.1, 0.15) is 66.7 Å². The number of amides is 1. The van der Waals surface area contributed by atoms with Crippen molar-refractivity contribution < 1.29 is 14.6 Å². The predicted molar refractivity (Wildman–Crippen MR) is 93.5 cm³/mol. The summed E-state index contributed by atoms with van der Waals surface area (Å²) in [5.41, 5.74) is -0.601. The quantitative estimate of drug-likeness (QED) is 0.672. The fraction of sp³-hybridized carbons (Fsp3) is 0.944. The minimum atomic E-state index is -0.474. The standard InChI is InChI=1S/C18H36N2O3/c1-14(2)15(11-19-16(22)23-17(3,4)5)12-20-18(13-21)9-7-6-8-10-18/h14-15,20-21H,6-13H2,1-5H3,(H,19,22). The molecule has 5 nitrogen and oxygen atoms in total. The fourth-order valence-corrected chi connectivity index (χ4v) is 3.04. The Morgan fingerprint density at radius 2 is 1.78 bits per heavy atom. The molecule has 1 amide bonds. The van der Waals surface area contributed by atoms with Crippen molar-refractivity contribution in [2.45, 2.75) is 77.9 Å². The lowest BCUT2D eigenvalue weighted by molar-refractivity contribution is 0.0510. The summed E-state index contributed by atoms with van der Waals surface area (Å²) in [4.78, 5) is 11.8. The number of hydrogen-bond acceptors (Lipinski definition) is 4. The highest BCUT2D eigenvalue weighted by atomic mass is 16.6. The van der Waals surface area contributed by atoms with Crippen molar-refractivity contribution >= 4 is 6.09 Å². The molecule has 0 bridgehead atoms. The number of ether oxygens (including phenoxy) is 1. The molecule has 0 radical (unpaired) electrons. The summed E-state index contributed by atoms with van der Waals surface area (Å²) in [6, 6.07) is 0. The highest BCUT2D eigenvalue weighted by molar-refractivity contribution is 5.67. The van der Waals surface area contributed by atoms with E-state index >= 15 is 0 Å². The summed E-state index contributed by atoms with van der Waals surface area (Å²) in [5.74, 6) is 0.754. The van der Waals surface area contributed by atoms with Gasteiger partial charge in [0.1, 0.15) is 5.60 Å². The molecule has 0 aromatic carbocycles. The summed E-state index contributed by atoms with van der Waals surface area (Å²) in [5, 5.41) is 16.3. The van der Waals surface area contributed by atoms with Crippen LogP contribution in [0, 0.1) is 11.8 Å². The molecule has 1 atom stereocenters. The Balaban J connectivity index is 2.47. The van der Waals surface area contributed by atoms with E-state index in [0.29, 0.717) is 18.4 Å². The summed E-state index contributed by atoms with van der Waals surface area (Å²) in [6.45, 7) is 11.5. The molecular formula is C18H36N2O3. The summed E-state index contributed by atoms with van der Waals surface area (Å²) in [7, 11) is 0. The van der Waals surface area contributed by atoms with Gasteiger partial charge in [0.05, 0.1) is 6.61 Å². The monoisotopic (exact) mass is 328 g/mol. The van der Waals surface area contributed by atoms with E-state index in [4.69, 9.17) is 4.74 Å². The number of hydrogen-bond donors (Lipinski definition) is 3. The number of carbonyl (C=O) groups excluding carboxylic acids is 1. The lowest BCUT2D eigenvalue weighted by atomic mass is 9.81. The SMILES string of the molecule is CC(C)C(CNC(=O)OC(C)(C)C)CNC1(CO)CCCCC1. The van der Waals surface area contributed by atoms with Gasteiger partial charge in [0.25, 0.3) is 0 Å². The Morgan fingerprint density at radius 1 is 1.17 bits per heavy atom. The van der Waals surface area contributed by atoms with Crippen LogP contribution >= 0.6 is 0 Å². The maximum Gasteiger partial charge on any atom is 0.407 e. The zero-order chi connectivity index (χ0) is 17.5. The topological polar surface area (TPSA) is 70.6 Å². The number of carbonyl (C=O) groups is 1. The average molecular weight is 328 g/mol. The summed E-state index contributed by atoms with van der Waals surface area (Å²) < 4.78 is 5.29. The van der Waals surface area contributed by atoms with Crippen molar-refractivity contribution in [2.75, 3.05) is 19.7 Å². The van der Waals surface area contributed by atoms with E-state index in [9.17, 15) is 9.90 Å². The summed E-state index contributed by atoms with van der Waals surface area (Å²) in [6.07, 6.45) is 5.32. The second-order valence-electron chi connectivity index (χ2n) is 8.27. The van der Waals surface area contributed by atoms with Crippen molar-refractivity contribution in [1.29, 1.82) is 0 Å². The summed E-state index contributed by atoms with van der Waals surface area (Å²) >= 11 is 0. The number of aliphatic hydroxyl groups excluding tert-OH is 1.